The molecule has 0 N–H and O–H groups in total. The molecule has 0 bridgehead atoms. The van der Waals surface area contributed by atoms with Crippen LogP contribution in [0.4, 0.5) is 5.95 Å². The topological polar surface area (TPSA) is 67.8 Å². The van der Waals surface area contributed by atoms with Crippen LogP contribution in [0, 0.1) is 0 Å². The second-order valence-electron chi connectivity index (χ2n) is 7.51. The van der Waals surface area contributed by atoms with Crippen LogP contribution in [0.25, 0.3) is 11.1 Å². The molecule has 0 aliphatic carbocycles. The Hall–Kier alpha value is -2.87. The third-order valence-corrected chi connectivity index (χ3v) is 5.60. The second-order valence-corrected chi connectivity index (χ2v) is 8.38. The van der Waals surface area contributed by atoms with Gasteiger partial charge in [0.2, 0.25) is 5.95 Å². The zero-order valence-electron chi connectivity index (χ0n) is 17.7. The minimum atomic E-state index is -0.480. The van der Waals surface area contributed by atoms with Crippen LogP contribution in [0.2, 0.25) is 10.0 Å². The molecule has 1 aliphatic rings. The maximum absolute atomic E-state index is 12.2. The summed E-state index contributed by atoms with van der Waals surface area (Å²) < 4.78 is 10.9. The predicted molar refractivity (Wildman–Crippen MR) is 125 cm³/mol. The minimum absolute atomic E-state index is 0.339. The summed E-state index contributed by atoms with van der Waals surface area (Å²) in [5, 5.41) is 0.984. The number of likely N-dealkylation sites (N-methyl/N-ethyl adjacent to an activating group) is 1. The van der Waals surface area contributed by atoms with Gasteiger partial charge in [-0.3, -0.25) is 0 Å². The molecule has 4 rings (SSSR count). The molecule has 0 amide bonds. The van der Waals surface area contributed by atoms with Gasteiger partial charge in [0.15, 0.2) is 5.75 Å². The number of ether oxygens (including phenoxy) is 2. The second kappa shape index (κ2) is 9.73. The Morgan fingerprint density at radius 1 is 0.875 bits per heavy atom. The van der Waals surface area contributed by atoms with Crippen molar-refractivity contribution in [3.63, 3.8) is 0 Å². The van der Waals surface area contributed by atoms with Crippen LogP contribution >= 0.6 is 23.2 Å². The summed E-state index contributed by atoms with van der Waals surface area (Å²) in [6.45, 7) is 3.70. The highest BCUT2D eigenvalue weighted by molar-refractivity contribution is 6.35. The van der Waals surface area contributed by atoms with E-state index >= 15 is 0 Å². The van der Waals surface area contributed by atoms with Crippen molar-refractivity contribution < 1.29 is 14.3 Å². The van der Waals surface area contributed by atoms with E-state index in [1.54, 1.807) is 48.8 Å². The summed E-state index contributed by atoms with van der Waals surface area (Å²) in [5.74, 6) is 1.09. The standard InChI is InChI=1S/C23H22Cl2N4O3/c1-28-3-5-29(6-4-28)23-26-13-21(14-27-23)32-20-10-15(7-17(11-20)22(30)31-2)16-8-18(24)12-19(25)9-16/h7-14H,3-6H2,1-2H3. The van der Waals surface area contributed by atoms with E-state index in [4.69, 9.17) is 32.7 Å². The fourth-order valence-electron chi connectivity index (χ4n) is 3.45. The number of hydrogen-bond donors (Lipinski definition) is 0. The third-order valence-electron chi connectivity index (χ3n) is 5.16. The van der Waals surface area contributed by atoms with Crippen LogP contribution in [0.1, 0.15) is 10.4 Å². The highest BCUT2D eigenvalue weighted by atomic mass is 35.5. The van der Waals surface area contributed by atoms with Gasteiger partial charge in [0.1, 0.15) is 5.75 Å². The number of carbonyl (C=O) groups is 1. The first kappa shape index (κ1) is 22.3. The van der Waals surface area contributed by atoms with Crippen molar-refractivity contribution in [3.05, 3.63) is 64.4 Å². The number of esters is 1. The van der Waals surface area contributed by atoms with E-state index in [1.807, 2.05) is 0 Å². The van der Waals surface area contributed by atoms with Gasteiger partial charge in [-0.1, -0.05) is 23.2 Å². The van der Waals surface area contributed by atoms with E-state index in [-0.39, 0.29) is 0 Å². The first-order valence-electron chi connectivity index (χ1n) is 10.0. The molecular formula is C23H22Cl2N4O3. The lowest BCUT2D eigenvalue weighted by molar-refractivity contribution is 0.0600. The van der Waals surface area contributed by atoms with Crippen molar-refractivity contribution in [1.82, 2.24) is 14.9 Å². The fourth-order valence-corrected chi connectivity index (χ4v) is 3.97. The highest BCUT2D eigenvalue weighted by Crippen LogP contribution is 2.32. The molecule has 1 saturated heterocycles. The number of anilines is 1. The summed E-state index contributed by atoms with van der Waals surface area (Å²) in [6.07, 6.45) is 3.25. The van der Waals surface area contributed by atoms with Gasteiger partial charge < -0.3 is 19.3 Å². The maximum atomic E-state index is 12.2. The molecule has 2 aromatic carbocycles. The van der Waals surface area contributed by atoms with Gasteiger partial charge in [-0.15, -0.1) is 0 Å². The Labute approximate surface area is 196 Å². The van der Waals surface area contributed by atoms with Gasteiger partial charge in [0.05, 0.1) is 25.1 Å². The number of methoxy groups -OCH3 is 1. The number of benzene rings is 2. The molecule has 0 spiro atoms. The molecule has 3 aromatic rings. The number of hydrogen-bond acceptors (Lipinski definition) is 7. The lowest BCUT2D eigenvalue weighted by atomic mass is 10.0. The van der Waals surface area contributed by atoms with E-state index in [0.717, 1.165) is 31.7 Å². The van der Waals surface area contributed by atoms with Crippen molar-refractivity contribution in [2.24, 2.45) is 0 Å². The van der Waals surface area contributed by atoms with E-state index in [1.165, 1.54) is 7.11 Å². The van der Waals surface area contributed by atoms with E-state index in [9.17, 15) is 4.79 Å². The largest absolute Gasteiger partial charge is 0.465 e. The Morgan fingerprint density at radius 2 is 1.50 bits per heavy atom. The predicted octanol–water partition coefficient (Wildman–Crippen LogP) is 4.78. The quantitative estimate of drug-likeness (QED) is 0.494. The maximum Gasteiger partial charge on any atom is 0.338 e. The molecule has 9 heteroatoms. The lowest BCUT2D eigenvalue weighted by Gasteiger charge is -2.32. The lowest BCUT2D eigenvalue weighted by Crippen LogP contribution is -2.45. The Balaban J connectivity index is 1.60. The summed E-state index contributed by atoms with van der Waals surface area (Å²) in [5.41, 5.74) is 1.80. The molecular weight excluding hydrogens is 451 g/mol. The normalized spacial score (nSPS) is 14.3. The van der Waals surface area contributed by atoms with Crippen molar-refractivity contribution >= 4 is 35.1 Å². The van der Waals surface area contributed by atoms with Crippen LogP contribution in [-0.2, 0) is 4.74 Å². The zero-order chi connectivity index (χ0) is 22.7. The summed E-state index contributed by atoms with van der Waals surface area (Å²) in [6, 6.07) is 10.3. The number of piperazine rings is 1. The number of rotatable bonds is 5. The van der Waals surface area contributed by atoms with Gasteiger partial charge in [0.25, 0.3) is 0 Å². The van der Waals surface area contributed by atoms with Gasteiger partial charge >= 0.3 is 5.97 Å². The minimum Gasteiger partial charge on any atom is -0.465 e. The molecule has 0 unspecified atom stereocenters. The Bertz CT molecular complexity index is 1100. The third kappa shape index (κ3) is 5.30. The summed E-state index contributed by atoms with van der Waals surface area (Å²) in [4.78, 5) is 25.5. The van der Waals surface area contributed by atoms with Crippen LogP contribution in [0.3, 0.4) is 0 Å². The Morgan fingerprint density at radius 3 is 2.12 bits per heavy atom. The Kier molecular flexibility index (Phi) is 6.79. The first-order valence-corrected chi connectivity index (χ1v) is 10.8. The van der Waals surface area contributed by atoms with Crippen LogP contribution in [-0.4, -0.2) is 61.2 Å². The summed E-state index contributed by atoms with van der Waals surface area (Å²) >= 11 is 12.3. The molecule has 32 heavy (non-hydrogen) atoms. The zero-order valence-corrected chi connectivity index (χ0v) is 19.2. The average Bonchev–Trinajstić information content (AvgIpc) is 2.79. The number of aromatic nitrogens is 2. The van der Waals surface area contributed by atoms with Crippen molar-refractivity contribution in [1.29, 1.82) is 0 Å². The number of carbonyl (C=O) groups excluding carboxylic acids is 1. The van der Waals surface area contributed by atoms with E-state index in [2.05, 4.69) is 26.8 Å². The van der Waals surface area contributed by atoms with Crippen molar-refractivity contribution in [2.45, 2.75) is 0 Å². The first-order chi connectivity index (χ1) is 15.4. The highest BCUT2D eigenvalue weighted by Gasteiger charge is 2.17. The molecule has 1 aromatic heterocycles. The number of nitrogens with zero attached hydrogens (tertiary/aromatic N) is 4. The monoisotopic (exact) mass is 472 g/mol. The van der Waals surface area contributed by atoms with Crippen molar-refractivity contribution in [2.75, 3.05) is 45.2 Å². The van der Waals surface area contributed by atoms with Crippen LogP contribution < -0.4 is 9.64 Å². The molecule has 1 aliphatic heterocycles. The smallest absolute Gasteiger partial charge is 0.338 e. The van der Waals surface area contributed by atoms with Crippen LogP contribution in [0.5, 0.6) is 11.5 Å². The van der Waals surface area contributed by atoms with Gasteiger partial charge in [-0.25, -0.2) is 14.8 Å². The molecule has 2 heterocycles. The van der Waals surface area contributed by atoms with E-state index in [0.29, 0.717) is 38.6 Å². The molecule has 0 saturated carbocycles. The number of halogens is 2. The van der Waals surface area contributed by atoms with Gasteiger partial charge in [0, 0.05) is 36.2 Å². The fraction of sp³-hybridized carbons (Fsp3) is 0.261. The SMILES string of the molecule is COC(=O)c1cc(Oc2cnc(N3CCN(C)CC3)nc2)cc(-c2cc(Cl)cc(Cl)c2)c1. The van der Waals surface area contributed by atoms with Crippen molar-refractivity contribution in [3.8, 4) is 22.6 Å². The summed E-state index contributed by atoms with van der Waals surface area (Å²) in [7, 11) is 3.43. The van der Waals surface area contributed by atoms with Gasteiger partial charge in [-0.2, -0.15) is 0 Å². The van der Waals surface area contributed by atoms with E-state index < -0.39 is 5.97 Å². The molecule has 166 valence electrons. The molecule has 0 atom stereocenters. The molecule has 1 fully saturated rings. The molecule has 7 nitrogen and oxygen atoms in total. The van der Waals surface area contributed by atoms with Gasteiger partial charge in [-0.05, 0) is 54.6 Å². The van der Waals surface area contributed by atoms with Crippen LogP contribution in [0.15, 0.2) is 48.8 Å². The average molecular weight is 473 g/mol. The molecule has 0 radical (unpaired) electrons.